The summed E-state index contributed by atoms with van der Waals surface area (Å²) in [5.74, 6) is 0.932. The van der Waals surface area contributed by atoms with Gasteiger partial charge in [-0.2, -0.15) is 5.10 Å². The molecule has 0 aliphatic carbocycles. The molecule has 158 valence electrons. The van der Waals surface area contributed by atoms with Crippen molar-refractivity contribution in [3.8, 4) is 11.3 Å². The van der Waals surface area contributed by atoms with E-state index in [9.17, 15) is 0 Å². The summed E-state index contributed by atoms with van der Waals surface area (Å²) in [5, 5.41) is 16.9. The molecule has 0 saturated carbocycles. The number of nitrogen functional groups attached to an aromatic ring is 1. The van der Waals surface area contributed by atoms with Crippen LogP contribution in [-0.2, 0) is 0 Å². The fraction of sp³-hybridized carbons (Fsp3) is 0.333. The van der Waals surface area contributed by atoms with E-state index in [0.717, 1.165) is 41.9 Å². The average molecular weight is 405 g/mol. The lowest BCUT2D eigenvalue weighted by molar-refractivity contribution is 0.415. The first-order valence-electron chi connectivity index (χ1n) is 10.5. The van der Waals surface area contributed by atoms with Gasteiger partial charge >= 0.3 is 0 Å². The van der Waals surface area contributed by atoms with Gasteiger partial charge in [0.15, 0.2) is 0 Å². The summed E-state index contributed by atoms with van der Waals surface area (Å²) in [6.07, 6.45) is 3.03. The normalized spacial score (nSPS) is 11.9. The van der Waals surface area contributed by atoms with Gasteiger partial charge < -0.3 is 16.0 Å². The molecule has 6 nitrogen and oxygen atoms in total. The Hall–Kier alpha value is -3.28. The van der Waals surface area contributed by atoms with E-state index in [1.54, 1.807) is 4.90 Å². The maximum Gasteiger partial charge on any atom is 0.133 e. The number of amidine groups is 1. The highest BCUT2D eigenvalue weighted by atomic mass is 15.3. The van der Waals surface area contributed by atoms with E-state index in [4.69, 9.17) is 16.2 Å². The fourth-order valence-electron chi connectivity index (χ4n) is 3.62. The summed E-state index contributed by atoms with van der Waals surface area (Å²) < 4.78 is 1.92. The first kappa shape index (κ1) is 21.4. The van der Waals surface area contributed by atoms with Crippen molar-refractivity contribution in [1.29, 1.82) is 5.41 Å². The molecule has 0 aliphatic heterocycles. The van der Waals surface area contributed by atoms with Gasteiger partial charge in [-0.1, -0.05) is 50.6 Å². The number of hydrogen-bond donors (Lipinski definition) is 3. The Morgan fingerprint density at radius 1 is 1.07 bits per heavy atom. The first-order valence-corrected chi connectivity index (χ1v) is 10.5. The van der Waals surface area contributed by atoms with Crippen molar-refractivity contribution in [2.24, 2.45) is 0 Å². The van der Waals surface area contributed by atoms with Gasteiger partial charge in [0.25, 0.3) is 0 Å². The summed E-state index contributed by atoms with van der Waals surface area (Å²) in [7, 11) is 3.72. The lowest BCUT2D eigenvalue weighted by Gasteiger charge is -2.17. The van der Waals surface area contributed by atoms with Crippen LogP contribution in [0.1, 0.15) is 44.7 Å². The number of nitrogens with one attached hydrogen (secondary N) is 2. The van der Waals surface area contributed by atoms with E-state index in [0.29, 0.717) is 17.2 Å². The third kappa shape index (κ3) is 4.48. The molecule has 6 heteroatoms. The standard InChI is InChI=1S/C24H32N6/c1-5-10-20(6-2)30-24(26)21(23(25)29(3)4)22(28-30)17-13-15-19(16-14-17)27-18-11-8-7-9-12-18/h7-9,11-16,20,25,27H,5-6,10,26H2,1-4H3. The summed E-state index contributed by atoms with van der Waals surface area (Å²) >= 11 is 0. The summed E-state index contributed by atoms with van der Waals surface area (Å²) in [5.41, 5.74) is 11.0. The van der Waals surface area contributed by atoms with Crippen LogP contribution in [0.5, 0.6) is 0 Å². The molecule has 1 heterocycles. The highest BCUT2D eigenvalue weighted by molar-refractivity contribution is 6.05. The Morgan fingerprint density at radius 2 is 1.70 bits per heavy atom. The molecule has 1 aromatic heterocycles. The van der Waals surface area contributed by atoms with Crippen LogP contribution >= 0.6 is 0 Å². The van der Waals surface area contributed by atoms with Crippen LogP contribution in [0.2, 0.25) is 0 Å². The summed E-state index contributed by atoms with van der Waals surface area (Å²) in [4.78, 5) is 1.77. The van der Waals surface area contributed by atoms with Crippen LogP contribution in [0.25, 0.3) is 11.3 Å². The highest BCUT2D eigenvalue weighted by Gasteiger charge is 2.24. The number of hydrogen-bond acceptors (Lipinski definition) is 4. The Balaban J connectivity index is 2.00. The molecule has 0 amide bonds. The SMILES string of the molecule is CCCC(CC)n1nc(-c2ccc(Nc3ccccc3)cc2)c(C(=N)N(C)C)c1N. The van der Waals surface area contributed by atoms with Gasteiger partial charge in [-0.05, 0) is 37.1 Å². The van der Waals surface area contributed by atoms with Crippen LogP contribution in [0.3, 0.4) is 0 Å². The minimum Gasteiger partial charge on any atom is -0.383 e. The average Bonchev–Trinajstić information content (AvgIpc) is 3.09. The van der Waals surface area contributed by atoms with Gasteiger partial charge in [0, 0.05) is 31.0 Å². The Kier molecular flexibility index (Phi) is 6.77. The number of benzene rings is 2. The van der Waals surface area contributed by atoms with Crippen LogP contribution in [0, 0.1) is 5.41 Å². The predicted molar refractivity (Wildman–Crippen MR) is 127 cm³/mol. The number of nitrogens with two attached hydrogens (primary N) is 1. The molecule has 2 aromatic carbocycles. The van der Waals surface area contributed by atoms with E-state index in [-0.39, 0.29) is 6.04 Å². The van der Waals surface area contributed by atoms with E-state index in [2.05, 4.69) is 19.2 Å². The smallest absolute Gasteiger partial charge is 0.133 e. The highest BCUT2D eigenvalue weighted by Crippen LogP contribution is 2.33. The Morgan fingerprint density at radius 3 is 2.27 bits per heavy atom. The molecule has 0 radical (unpaired) electrons. The Bertz CT molecular complexity index is 973. The molecule has 30 heavy (non-hydrogen) atoms. The zero-order chi connectivity index (χ0) is 21.7. The van der Waals surface area contributed by atoms with E-state index in [1.165, 1.54) is 0 Å². The van der Waals surface area contributed by atoms with Gasteiger partial charge in [-0.3, -0.25) is 5.41 Å². The number of anilines is 3. The first-order chi connectivity index (χ1) is 14.5. The molecule has 0 spiro atoms. The zero-order valence-corrected chi connectivity index (χ0v) is 18.3. The zero-order valence-electron chi connectivity index (χ0n) is 18.3. The van der Waals surface area contributed by atoms with Crippen molar-refractivity contribution < 1.29 is 0 Å². The topological polar surface area (TPSA) is 83.0 Å². The molecule has 3 rings (SSSR count). The van der Waals surface area contributed by atoms with Crippen molar-refractivity contribution in [2.45, 2.75) is 39.2 Å². The van der Waals surface area contributed by atoms with Crippen LogP contribution in [0.15, 0.2) is 54.6 Å². The van der Waals surface area contributed by atoms with Crippen molar-refractivity contribution >= 4 is 23.0 Å². The van der Waals surface area contributed by atoms with Crippen molar-refractivity contribution in [3.63, 3.8) is 0 Å². The summed E-state index contributed by atoms with van der Waals surface area (Å²) in [6, 6.07) is 18.4. The second kappa shape index (κ2) is 9.48. The molecule has 4 N–H and O–H groups in total. The van der Waals surface area contributed by atoms with Gasteiger partial charge in [-0.25, -0.2) is 4.68 Å². The maximum absolute atomic E-state index is 8.60. The largest absolute Gasteiger partial charge is 0.383 e. The molecular formula is C24H32N6. The molecule has 0 bridgehead atoms. The Labute approximate surface area is 179 Å². The van der Waals surface area contributed by atoms with E-state index < -0.39 is 0 Å². The van der Waals surface area contributed by atoms with Gasteiger partial charge in [0.1, 0.15) is 17.3 Å². The molecule has 0 aliphatic rings. The van der Waals surface area contributed by atoms with Gasteiger partial charge in [0.2, 0.25) is 0 Å². The van der Waals surface area contributed by atoms with Crippen molar-refractivity contribution in [1.82, 2.24) is 14.7 Å². The minimum absolute atomic E-state index is 0.233. The third-order valence-electron chi connectivity index (χ3n) is 5.29. The van der Waals surface area contributed by atoms with Crippen LogP contribution < -0.4 is 11.1 Å². The number of aromatic nitrogens is 2. The quantitative estimate of drug-likeness (QED) is 0.341. The lowest BCUT2D eigenvalue weighted by Crippen LogP contribution is -2.23. The number of para-hydroxylation sites is 1. The number of nitrogens with zero attached hydrogens (tertiary/aromatic N) is 3. The summed E-state index contributed by atoms with van der Waals surface area (Å²) in [6.45, 7) is 4.33. The molecule has 1 unspecified atom stereocenters. The minimum atomic E-state index is 0.233. The van der Waals surface area contributed by atoms with Gasteiger partial charge in [0.05, 0.1) is 11.6 Å². The molecule has 0 fully saturated rings. The predicted octanol–water partition coefficient (Wildman–Crippen LogP) is 5.51. The monoisotopic (exact) mass is 404 g/mol. The van der Waals surface area contributed by atoms with Crippen LogP contribution in [0.4, 0.5) is 17.2 Å². The van der Waals surface area contributed by atoms with E-state index in [1.807, 2.05) is 73.4 Å². The molecule has 0 saturated heterocycles. The number of rotatable bonds is 8. The molecule has 1 atom stereocenters. The fourth-order valence-corrected chi connectivity index (χ4v) is 3.62. The molecule has 3 aromatic rings. The maximum atomic E-state index is 8.60. The van der Waals surface area contributed by atoms with Crippen molar-refractivity contribution in [3.05, 3.63) is 60.2 Å². The molecular weight excluding hydrogens is 372 g/mol. The van der Waals surface area contributed by atoms with E-state index >= 15 is 0 Å². The second-order valence-electron chi connectivity index (χ2n) is 7.72. The second-order valence-corrected chi connectivity index (χ2v) is 7.72. The van der Waals surface area contributed by atoms with Gasteiger partial charge in [-0.15, -0.1) is 0 Å². The lowest BCUT2D eigenvalue weighted by atomic mass is 10.1. The van der Waals surface area contributed by atoms with Crippen LogP contribution in [-0.4, -0.2) is 34.6 Å². The van der Waals surface area contributed by atoms with Crippen molar-refractivity contribution in [2.75, 3.05) is 25.1 Å². The third-order valence-corrected chi connectivity index (χ3v) is 5.29.